The summed E-state index contributed by atoms with van der Waals surface area (Å²) in [5.74, 6) is 0.414. The molecule has 3 rings (SSSR count). The molecule has 1 amide bonds. The Bertz CT molecular complexity index is 971. The van der Waals surface area contributed by atoms with E-state index in [2.05, 4.69) is 14.9 Å². The number of carbonyl (C=O) groups is 1. The molecule has 0 aliphatic heterocycles. The van der Waals surface area contributed by atoms with Crippen molar-refractivity contribution in [1.82, 2.24) is 10.1 Å². The molecule has 2 N–H and O–H groups in total. The highest BCUT2D eigenvalue weighted by Crippen LogP contribution is 2.25. The number of ether oxygens (including phenoxy) is 2. The van der Waals surface area contributed by atoms with Gasteiger partial charge in [-0.25, -0.2) is 0 Å². The standard InChI is InChI=1S/C19H16F3N3O4/c20-19(21,22)11-27-9-12-2-1-3-14(8-12)18-24-17(25-29-18)13-4-6-15(7-5-13)28-10-16(23)26/h1-8H,9-11H2,(H2,23,26). The van der Waals surface area contributed by atoms with Gasteiger partial charge in [0, 0.05) is 11.1 Å². The summed E-state index contributed by atoms with van der Waals surface area (Å²) in [6.45, 7) is -1.74. The molecule has 0 unspecified atom stereocenters. The van der Waals surface area contributed by atoms with Crippen molar-refractivity contribution < 1.29 is 32.0 Å². The first kappa shape index (κ1) is 20.3. The first-order valence-corrected chi connectivity index (χ1v) is 8.39. The zero-order valence-corrected chi connectivity index (χ0v) is 15.0. The van der Waals surface area contributed by atoms with Gasteiger partial charge < -0.3 is 19.7 Å². The normalized spacial score (nSPS) is 11.4. The number of rotatable bonds is 8. The number of primary amides is 1. The second-order valence-electron chi connectivity index (χ2n) is 6.01. The number of carbonyl (C=O) groups excluding carboxylic acids is 1. The molecule has 29 heavy (non-hydrogen) atoms. The van der Waals surface area contributed by atoms with Gasteiger partial charge in [-0.3, -0.25) is 4.79 Å². The fourth-order valence-corrected chi connectivity index (χ4v) is 2.39. The van der Waals surface area contributed by atoms with Gasteiger partial charge in [0.15, 0.2) is 6.61 Å². The topological polar surface area (TPSA) is 100 Å². The lowest BCUT2D eigenvalue weighted by molar-refractivity contribution is -0.176. The summed E-state index contributed by atoms with van der Waals surface area (Å²) in [6, 6.07) is 13.3. The molecule has 0 atom stereocenters. The lowest BCUT2D eigenvalue weighted by Crippen LogP contribution is -2.19. The predicted molar refractivity (Wildman–Crippen MR) is 95.6 cm³/mol. The van der Waals surface area contributed by atoms with Crippen molar-refractivity contribution in [3.8, 4) is 28.6 Å². The fourth-order valence-electron chi connectivity index (χ4n) is 2.39. The van der Waals surface area contributed by atoms with Crippen molar-refractivity contribution in [3.05, 3.63) is 54.1 Å². The molecule has 0 radical (unpaired) electrons. The lowest BCUT2D eigenvalue weighted by Gasteiger charge is -2.07. The molecule has 0 saturated carbocycles. The van der Waals surface area contributed by atoms with Crippen LogP contribution in [0.5, 0.6) is 5.75 Å². The van der Waals surface area contributed by atoms with Crippen LogP contribution in [0.4, 0.5) is 13.2 Å². The third-order valence-electron chi connectivity index (χ3n) is 3.63. The monoisotopic (exact) mass is 407 g/mol. The number of nitrogens with two attached hydrogens (primary N) is 1. The van der Waals surface area contributed by atoms with Crippen LogP contribution in [0.3, 0.4) is 0 Å². The SMILES string of the molecule is NC(=O)COc1ccc(-c2noc(-c3cccc(COCC(F)(F)F)c3)n2)cc1. The van der Waals surface area contributed by atoms with E-state index in [9.17, 15) is 18.0 Å². The van der Waals surface area contributed by atoms with Gasteiger partial charge >= 0.3 is 6.18 Å². The highest BCUT2D eigenvalue weighted by molar-refractivity contribution is 5.75. The molecule has 0 aliphatic carbocycles. The molecule has 1 heterocycles. The van der Waals surface area contributed by atoms with Gasteiger partial charge in [0.05, 0.1) is 6.61 Å². The van der Waals surface area contributed by atoms with E-state index in [1.165, 1.54) is 0 Å². The quantitative estimate of drug-likeness (QED) is 0.615. The van der Waals surface area contributed by atoms with Crippen molar-refractivity contribution in [2.24, 2.45) is 5.73 Å². The van der Waals surface area contributed by atoms with Crippen molar-refractivity contribution in [1.29, 1.82) is 0 Å². The van der Waals surface area contributed by atoms with Crippen molar-refractivity contribution >= 4 is 5.91 Å². The second kappa shape index (κ2) is 8.74. The maximum Gasteiger partial charge on any atom is 0.411 e. The summed E-state index contributed by atoms with van der Waals surface area (Å²) in [5.41, 5.74) is 6.77. The molecule has 3 aromatic rings. The van der Waals surface area contributed by atoms with E-state index in [0.29, 0.717) is 28.3 Å². The van der Waals surface area contributed by atoms with E-state index >= 15 is 0 Å². The van der Waals surface area contributed by atoms with Crippen LogP contribution >= 0.6 is 0 Å². The minimum Gasteiger partial charge on any atom is -0.484 e. The molecule has 0 bridgehead atoms. The van der Waals surface area contributed by atoms with Gasteiger partial charge in [0.1, 0.15) is 12.4 Å². The van der Waals surface area contributed by atoms with Crippen LogP contribution in [0.1, 0.15) is 5.56 Å². The van der Waals surface area contributed by atoms with Crippen LogP contribution in [0.15, 0.2) is 53.1 Å². The zero-order valence-electron chi connectivity index (χ0n) is 15.0. The molecular formula is C19H16F3N3O4. The molecule has 0 spiro atoms. The Morgan fingerprint density at radius 2 is 1.86 bits per heavy atom. The average molecular weight is 407 g/mol. The Labute approximate surface area is 163 Å². The molecular weight excluding hydrogens is 391 g/mol. The van der Waals surface area contributed by atoms with E-state index in [1.807, 2.05) is 0 Å². The third-order valence-corrected chi connectivity index (χ3v) is 3.63. The number of hydrogen-bond donors (Lipinski definition) is 1. The van der Waals surface area contributed by atoms with Crippen LogP contribution in [0.2, 0.25) is 0 Å². The van der Waals surface area contributed by atoms with Gasteiger partial charge in [0.25, 0.3) is 11.8 Å². The Morgan fingerprint density at radius 1 is 1.10 bits per heavy atom. The Morgan fingerprint density at radius 3 is 2.55 bits per heavy atom. The minimum absolute atomic E-state index is 0.193. The van der Waals surface area contributed by atoms with E-state index in [0.717, 1.165) is 0 Å². The first-order chi connectivity index (χ1) is 13.8. The highest BCUT2D eigenvalue weighted by Gasteiger charge is 2.27. The van der Waals surface area contributed by atoms with Crippen molar-refractivity contribution in [2.45, 2.75) is 12.8 Å². The summed E-state index contributed by atoms with van der Waals surface area (Å²) in [5, 5.41) is 3.91. The van der Waals surface area contributed by atoms with E-state index in [-0.39, 0.29) is 19.1 Å². The number of halogens is 3. The smallest absolute Gasteiger partial charge is 0.411 e. The average Bonchev–Trinajstić information content (AvgIpc) is 3.16. The molecule has 7 nitrogen and oxygen atoms in total. The van der Waals surface area contributed by atoms with Crippen molar-refractivity contribution in [3.63, 3.8) is 0 Å². The van der Waals surface area contributed by atoms with Crippen LogP contribution in [-0.4, -0.2) is 35.4 Å². The first-order valence-electron chi connectivity index (χ1n) is 8.39. The molecule has 10 heteroatoms. The van der Waals surface area contributed by atoms with E-state index in [4.69, 9.17) is 15.0 Å². The third kappa shape index (κ3) is 6.04. The van der Waals surface area contributed by atoms with E-state index < -0.39 is 18.7 Å². The number of aromatic nitrogens is 2. The Hall–Kier alpha value is -3.40. The highest BCUT2D eigenvalue weighted by atomic mass is 19.4. The zero-order chi connectivity index (χ0) is 20.9. The number of amides is 1. The summed E-state index contributed by atoms with van der Waals surface area (Å²) < 4.78 is 51.6. The Kier molecular flexibility index (Phi) is 6.13. The molecule has 1 aromatic heterocycles. The summed E-state index contributed by atoms with van der Waals surface area (Å²) >= 11 is 0. The maximum atomic E-state index is 12.2. The van der Waals surface area contributed by atoms with Gasteiger partial charge in [-0.1, -0.05) is 17.3 Å². The second-order valence-corrected chi connectivity index (χ2v) is 6.01. The van der Waals surface area contributed by atoms with Crippen LogP contribution in [-0.2, 0) is 16.1 Å². The maximum absolute atomic E-state index is 12.2. The summed E-state index contributed by atoms with van der Waals surface area (Å²) in [4.78, 5) is 15.0. The lowest BCUT2D eigenvalue weighted by atomic mass is 10.1. The van der Waals surface area contributed by atoms with E-state index in [1.54, 1.807) is 48.5 Å². The van der Waals surface area contributed by atoms with Crippen molar-refractivity contribution in [2.75, 3.05) is 13.2 Å². The fraction of sp³-hybridized carbons (Fsp3) is 0.211. The molecule has 0 fully saturated rings. The summed E-state index contributed by atoms with van der Waals surface area (Å²) in [6.07, 6.45) is -4.38. The van der Waals surface area contributed by atoms with Crippen LogP contribution in [0, 0.1) is 0 Å². The van der Waals surface area contributed by atoms with Crippen LogP contribution < -0.4 is 10.5 Å². The number of hydrogen-bond acceptors (Lipinski definition) is 6. The Balaban J connectivity index is 1.68. The van der Waals surface area contributed by atoms with Gasteiger partial charge in [-0.15, -0.1) is 0 Å². The van der Waals surface area contributed by atoms with Crippen LogP contribution in [0.25, 0.3) is 22.8 Å². The number of benzene rings is 2. The molecule has 2 aromatic carbocycles. The largest absolute Gasteiger partial charge is 0.484 e. The summed E-state index contributed by atoms with van der Waals surface area (Å²) in [7, 11) is 0. The predicted octanol–water partition coefficient (Wildman–Crippen LogP) is 3.35. The minimum atomic E-state index is -4.38. The van der Waals surface area contributed by atoms with Gasteiger partial charge in [-0.2, -0.15) is 18.2 Å². The molecule has 152 valence electrons. The van der Waals surface area contributed by atoms with Gasteiger partial charge in [0.2, 0.25) is 5.82 Å². The molecule has 0 aliphatic rings. The number of alkyl halides is 3. The van der Waals surface area contributed by atoms with Gasteiger partial charge in [-0.05, 0) is 42.0 Å². The molecule has 0 saturated heterocycles. The number of nitrogens with zero attached hydrogens (tertiary/aromatic N) is 2.